The molecule has 0 heterocycles. The van der Waals surface area contributed by atoms with Crippen LogP contribution in [0.3, 0.4) is 0 Å². The van der Waals surface area contributed by atoms with Gasteiger partial charge in [0.05, 0.1) is 18.2 Å². The minimum atomic E-state index is -0.229. The summed E-state index contributed by atoms with van der Waals surface area (Å²) in [5, 5.41) is 8.81. The van der Waals surface area contributed by atoms with Crippen LogP contribution in [-0.4, -0.2) is 20.2 Å². The second-order valence-corrected chi connectivity index (χ2v) is 4.74. The summed E-state index contributed by atoms with van der Waals surface area (Å²) in [6.07, 6.45) is 0.838. The van der Waals surface area contributed by atoms with Gasteiger partial charge in [-0.1, -0.05) is 6.07 Å². The van der Waals surface area contributed by atoms with Gasteiger partial charge in [0.25, 0.3) is 0 Å². The van der Waals surface area contributed by atoms with Gasteiger partial charge in [-0.2, -0.15) is 5.26 Å². The van der Waals surface area contributed by atoms with Crippen molar-refractivity contribution in [2.45, 2.75) is 6.42 Å². The van der Waals surface area contributed by atoms with Gasteiger partial charge in [-0.05, 0) is 48.9 Å². The monoisotopic (exact) mass is 284 g/mol. The zero-order valence-corrected chi connectivity index (χ0v) is 11.9. The molecular weight excluding hydrogens is 267 g/mol. The summed E-state index contributed by atoms with van der Waals surface area (Å²) in [4.78, 5) is 2.05. The molecule has 0 N–H and O–H groups in total. The van der Waals surface area contributed by atoms with Gasteiger partial charge in [-0.15, -0.1) is 0 Å². The lowest BCUT2D eigenvalue weighted by molar-refractivity contribution is 0.312. The van der Waals surface area contributed by atoms with Crippen LogP contribution in [0.5, 0.6) is 5.75 Å². The number of ether oxygens (including phenoxy) is 1. The minimum Gasteiger partial charge on any atom is -0.493 e. The van der Waals surface area contributed by atoms with Crippen molar-refractivity contribution in [3.8, 4) is 11.8 Å². The van der Waals surface area contributed by atoms with Crippen LogP contribution >= 0.6 is 0 Å². The van der Waals surface area contributed by atoms with E-state index in [-0.39, 0.29) is 5.82 Å². The normalized spacial score (nSPS) is 9.95. The Morgan fingerprint density at radius 3 is 2.67 bits per heavy atom. The van der Waals surface area contributed by atoms with E-state index < -0.39 is 0 Å². The number of benzene rings is 2. The molecule has 2 rings (SSSR count). The highest BCUT2D eigenvalue weighted by molar-refractivity contribution is 5.45. The van der Waals surface area contributed by atoms with Crippen molar-refractivity contribution in [1.29, 1.82) is 5.26 Å². The van der Waals surface area contributed by atoms with E-state index in [1.54, 1.807) is 30.3 Å². The Morgan fingerprint density at radius 1 is 1.19 bits per heavy atom. The van der Waals surface area contributed by atoms with Gasteiger partial charge in [-0.25, -0.2) is 4.39 Å². The van der Waals surface area contributed by atoms with Crippen LogP contribution in [0.15, 0.2) is 48.5 Å². The minimum absolute atomic E-state index is 0.229. The molecular formula is C17H17FN2O. The van der Waals surface area contributed by atoms with Crippen LogP contribution < -0.4 is 9.64 Å². The van der Waals surface area contributed by atoms with Crippen molar-refractivity contribution in [3.63, 3.8) is 0 Å². The first kappa shape index (κ1) is 14.9. The molecule has 0 amide bonds. The molecule has 0 aliphatic carbocycles. The highest BCUT2D eigenvalue weighted by Crippen LogP contribution is 2.15. The molecule has 0 radical (unpaired) electrons. The van der Waals surface area contributed by atoms with Crippen LogP contribution in [0, 0.1) is 17.1 Å². The summed E-state index contributed by atoms with van der Waals surface area (Å²) in [6, 6.07) is 15.6. The average molecular weight is 284 g/mol. The van der Waals surface area contributed by atoms with Crippen LogP contribution in [0.4, 0.5) is 10.1 Å². The van der Waals surface area contributed by atoms with E-state index in [9.17, 15) is 4.39 Å². The molecule has 3 nitrogen and oxygen atoms in total. The Labute approximate surface area is 124 Å². The zero-order valence-electron chi connectivity index (χ0n) is 11.9. The van der Waals surface area contributed by atoms with Gasteiger partial charge < -0.3 is 9.64 Å². The standard InChI is InChI=1S/C17H17FN2O/c1-20(16-8-6-15(18)7-9-16)10-3-11-21-17-5-2-4-14(12-17)13-19/h2,4-9,12H,3,10-11H2,1H3. The van der Waals surface area contributed by atoms with Gasteiger partial charge in [0, 0.05) is 19.3 Å². The second-order valence-electron chi connectivity index (χ2n) is 4.74. The molecule has 2 aromatic carbocycles. The fourth-order valence-electron chi connectivity index (χ4n) is 1.97. The molecule has 21 heavy (non-hydrogen) atoms. The van der Waals surface area contributed by atoms with Crippen molar-refractivity contribution >= 4 is 5.69 Å². The Balaban J connectivity index is 1.76. The zero-order chi connectivity index (χ0) is 15.1. The van der Waals surface area contributed by atoms with Gasteiger partial charge >= 0.3 is 0 Å². The quantitative estimate of drug-likeness (QED) is 0.760. The van der Waals surface area contributed by atoms with Crippen LogP contribution in [-0.2, 0) is 0 Å². The first-order chi connectivity index (χ1) is 10.2. The fourth-order valence-corrected chi connectivity index (χ4v) is 1.97. The number of nitriles is 1. The molecule has 0 aromatic heterocycles. The van der Waals surface area contributed by atoms with Crippen molar-refractivity contribution in [3.05, 3.63) is 59.9 Å². The smallest absolute Gasteiger partial charge is 0.123 e. The number of halogens is 1. The van der Waals surface area contributed by atoms with E-state index in [0.717, 1.165) is 18.7 Å². The Hall–Kier alpha value is -2.54. The lowest BCUT2D eigenvalue weighted by Gasteiger charge is -2.19. The summed E-state index contributed by atoms with van der Waals surface area (Å²) < 4.78 is 18.5. The van der Waals surface area contributed by atoms with E-state index in [2.05, 4.69) is 11.0 Å². The molecule has 4 heteroatoms. The lowest BCUT2D eigenvalue weighted by Crippen LogP contribution is -2.20. The first-order valence-corrected chi connectivity index (χ1v) is 6.79. The molecule has 0 spiro atoms. The molecule has 0 bridgehead atoms. The maximum absolute atomic E-state index is 12.8. The first-order valence-electron chi connectivity index (χ1n) is 6.79. The highest BCUT2D eigenvalue weighted by atomic mass is 19.1. The summed E-state index contributed by atoms with van der Waals surface area (Å²) >= 11 is 0. The summed E-state index contributed by atoms with van der Waals surface area (Å²) in [5.74, 6) is 0.478. The Kier molecular flexibility index (Phi) is 5.16. The summed E-state index contributed by atoms with van der Waals surface area (Å²) in [7, 11) is 1.96. The third-order valence-electron chi connectivity index (χ3n) is 3.14. The third kappa shape index (κ3) is 4.50. The number of hydrogen-bond donors (Lipinski definition) is 0. The fraction of sp³-hybridized carbons (Fsp3) is 0.235. The Morgan fingerprint density at radius 2 is 1.95 bits per heavy atom. The Bertz CT molecular complexity index is 619. The van der Waals surface area contributed by atoms with Crippen molar-refractivity contribution in [1.82, 2.24) is 0 Å². The van der Waals surface area contributed by atoms with Crippen LogP contribution in [0.1, 0.15) is 12.0 Å². The van der Waals surface area contributed by atoms with E-state index in [1.807, 2.05) is 13.1 Å². The molecule has 2 aromatic rings. The maximum Gasteiger partial charge on any atom is 0.123 e. The van der Waals surface area contributed by atoms with Gasteiger partial charge in [-0.3, -0.25) is 0 Å². The molecule has 0 fully saturated rings. The molecule has 0 aliphatic rings. The average Bonchev–Trinajstić information content (AvgIpc) is 2.52. The van der Waals surface area contributed by atoms with Crippen LogP contribution in [0.25, 0.3) is 0 Å². The van der Waals surface area contributed by atoms with Crippen molar-refractivity contribution in [2.24, 2.45) is 0 Å². The predicted octanol–water partition coefficient (Wildman–Crippen LogP) is 3.60. The third-order valence-corrected chi connectivity index (χ3v) is 3.14. The molecule has 0 aliphatic heterocycles. The lowest BCUT2D eigenvalue weighted by atomic mass is 10.2. The second kappa shape index (κ2) is 7.30. The SMILES string of the molecule is CN(CCCOc1cccc(C#N)c1)c1ccc(F)cc1. The van der Waals surface area contributed by atoms with E-state index in [4.69, 9.17) is 10.00 Å². The van der Waals surface area contributed by atoms with Crippen molar-refractivity contribution < 1.29 is 9.13 Å². The molecule has 108 valence electrons. The number of rotatable bonds is 6. The number of anilines is 1. The number of nitrogens with zero attached hydrogens (tertiary/aromatic N) is 2. The van der Waals surface area contributed by atoms with Gasteiger partial charge in [0.15, 0.2) is 0 Å². The summed E-state index contributed by atoms with van der Waals surface area (Å²) in [5.41, 5.74) is 1.57. The predicted molar refractivity (Wildman–Crippen MR) is 80.9 cm³/mol. The molecule has 0 atom stereocenters. The number of hydrogen-bond acceptors (Lipinski definition) is 3. The maximum atomic E-state index is 12.8. The van der Waals surface area contributed by atoms with Gasteiger partial charge in [0.1, 0.15) is 11.6 Å². The van der Waals surface area contributed by atoms with E-state index in [0.29, 0.717) is 17.9 Å². The highest BCUT2D eigenvalue weighted by Gasteiger charge is 2.01. The van der Waals surface area contributed by atoms with Crippen molar-refractivity contribution in [2.75, 3.05) is 25.1 Å². The molecule has 0 saturated heterocycles. The largest absolute Gasteiger partial charge is 0.493 e. The summed E-state index contributed by atoms with van der Waals surface area (Å²) in [6.45, 7) is 1.38. The van der Waals surface area contributed by atoms with Crippen LogP contribution in [0.2, 0.25) is 0 Å². The molecule has 0 saturated carbocycles. The molecule has 0 unspecified atom stereocenters. The van der Waals surface area contributed by atoms with E-state index in [1.165, 1.54) is 12.1 Å². The van der Waals surface area contributed by atoms with Gasteiger partial charge in [0.2, 0.25) is 0 Å². The van der Waals surface area contributed by atoms with E-state index >= 15 is 0 Å². The topological polar surface area (TPSA) is 36.3 Å².